The van der Waals surface area contributed by atoms with Crippen LogP contribution in [0.4, 0.5) is 0 Å². The summed E-state index contributed by atoms with van der Waals surface area (Å²) in [4.78, 5) is 25.2. The van der Waals surface area contributed by atoms with Gasteiger partial charge in [-0.1, -0.05) is 36.3 Å². The zero-order valence-corrected chi connectivity index (χ0v) is 16.3. The fourth-order valence-electron chi connectivity index (χ4n) is 4.89. The first-order valence-corrected chi connectivity index (χ1v) is 10.7. The maximum absolute atomic E-state index is 13.5. The van der Waals surface area contributed by atoms with Crippen molar-refractivity contribution in [3.05, 3.63) is 53.1 Å². The van der Waals surface area contributed by atoms with Gasteiger partial charge < -0.3 is 4.74 Å². The van der Waals surface area contributed by atoms with Gasteiger partial charge in [0.15, 0.2) is 15.6 Å². The predicted molar refractivity (Wildman–Crippen MR) is 99.5 cm³/mol. The molecule has 1 heterocycles. The normalized spacial score (nSPS) is 33.3. The van der Waals surface area contributed by atoms with Crippen LogP contribution in [0.2, 0.25) is 0 Å². The molecule has 27 heavy (non-hydrogen) atoms. The molecule has 0 amide bonds. The smallest absolute Gasteiger partial charge is 0.309 e. The third-order valence-corrected chi connectivity index (χ3v) is 8.41. The van der Waals surface area contributed by atoms with E-state index in [9.17, 15) is 18.0 Å². The van der Waals surface area contributed by atoms with Crippen molar-refractivity contribution in [1.29, 1.82) is 0 Å². The number of carbonyl (C=O) groups is 2. The van der Waals surface area contributed by atoms with Gasteiger partial charge in [0.1, 0.15) is 6.10 Å². The topological polar surface area (TPSA) is 77.5 Å². The van der Waals surface area contributed by atoms with Crippen molar-refractivity contribution in [1.82, 2.24) is 0 Å². The average Bonchev–Trinajstić information content (AvgIpc) is 3.03. The maximum atomic E-state index is 13.5. The van der Waals surface area contributed by atoms with E-state index in [1.165, 1.54) is 0 Å². The third-order valence-electron chi connectivity index (χ3n) is 6.20. The highest BCUT2D eigenvalue weighted by Crippen LogP contribution is 2.50. The van der Waals surface area contributed by atoms with Crippen LogP contribution in [0, 0.1) is 17.8 Å². The molecular formula is C21H22O5S. The van der Waals surface area contributed by atoms with Gasteiger partial charge in [-0.3, -0.25) is 9.59 Å². The standard InChI is InChI=1S/C21H22O5S/c1-11-9-15(22)17-12(2)10-16(27(24,25)14-7-5-4-6-8-14)19-13(3)21(23)26-20(19)18(11)17/h4-9,13,16,18-20H,10H2,1-3H3/t13?,16-,18?,19?,20+/m0/s1. The number of benzene rings is 1. The van der Waals surface area contributed by atoms with Gasteiger partial charge in [-0.05, 0) is 38.5 Å². The van der Waals surface area contributed by atoms with Crippen molar-refractivity contribution >= 4 is 21.6 Å². The summed E-state index contributed by atoms with van der Waals surface area (Å²) >= 11 is 0. The van der Waals surface area contributed by atoms with Gasteiger partial charge in [0.2, 0.25) is 0 Å². The monoisotopic (exact) mass is 386 g/mol. The van der Waals surface area contributed by atoms with Gasteiger partial charge in [-0.2, -0.15) is 0 Å². The molecule has 1 fully saturated rings. The Morgan fingerprint density at radius 3 is 2.41 bits per heavy atom. The minimum atomic E-state index is -3.69. The average molecular weight is 386 g/mol. The lowest BCUT2D eigenvalue weighted by Crippen LogP contribution is -2.39. The second-order valence-electron chi connectivity index (χ2n) is 7.79. The molecule has 6 heteroatoms. The molecule has 0 radical (unpaired) electrons. The van der Waals surface area contributed by atoms with Crippen LogP contribution in [0.25, 0.3) is 0 Å². The molecule has 1 aliphatic heterocycles. The number of ketones is 1. The zero-order valence-electron chi connectivity index (χ0n) is 15.5. The Morgan fingerprint density at radius 1 is 1.07 bits per heavy atom. The number of ether oxygens (including phenoxy) is 1. The number of fused-ring (bicyclic) bond motifs is 3. The summed E-state index contributed by atoms with van der Waals surface area (Å²) in [6, 6.07) is 8.31. The maximum Gasteiger partial charge on any atom is 0.309 e. The van der Waals surface area contributed by atoms with Crippen molar-refractivity contribution in [2.45, 2.75) is 43.4 Å². The Balaban J connectivity index is 1.89. The van der Waals surface area contributed by atoms with E-state index in [4.69, 9.17) is 4.74 Å². The summed E-state index contributed by atoms with van der Waals surface area (Å²) in [6.45, 7) is 5.41. The summed E-state index contributed by atoms with van der Waals surface area (Å²) in [5, 5.41) is -0.801. The van der Waals surface area contributed by atoms with Crippen LogP contribution in [-0.2, 0) is 24.2 Å². The first kappa shape index (κ1) is 18.2. The second kappa shape index (κ2) is 6.16. The van der Waals surface area contributed by atoms with Gasteiger partial charge >= 0.3 is 5.97 Å². The minimum absolute atomic E-state index is 0.0953. The molecule has 1 saturated heterocycles. The van der Waals surface area contributed by atoms with Gasteiger partial charge in [0.25, 0.3) is 0 Å². The number of esters is 1. The number of sulfone groups is 1. The van der Waals surface area contributed by atoms with Crippen LogP contribution >= 0.6 is 0 Å². The Morgan fingerprint density at radius 2 is 1.74 bits per heavy atom. The number of hydrogen-bond donors (Lipinski definition) is 0. The van der Waals surface area contributed by atoms with Crippen molar-refractivity contribution in [3.63, 3.8) is 0 Å². The molecule has 5 atom stereocenters. The molecule has 3 aliphatic rings. The van der Waals surface area contributed by atoms with E-state index in [-0.39, 0.29) is 29.0 Å². The Bertz CT molecular complexity index is 987. The fraction of sp³-hybridized carbons (Fsp3) is 0.429. The van der Waals surface area contributed by atoms with E-state index in [1.54, 1.807) is 43.3 Å². The van der Waals surface area contributed by atoms with E-state index in [1.807, 2.05) is 13.8 Å². The summed E-state index contributed by atoms with van der Waals surface area (Å²) in [7, 11) is -3.69. The Hall–Kier alpha value is -2.21. The molecule has 0 saturated carbocycles. The van der Waals surface area contributed by atoms with Gasteiger partial charge in [0, 0.05) is 17.4 Å². The molecule has 1 aromatic carbocycles. The van der Waals surface area contributed by atoms with Crippen LogP contribution in [-0.4, -0.2) is 31.5 Å². The van der Waals surface area contributed by atoms with Crippen molar-refractivity contribution < 1.29 is 22.7 Å². The first-order valence-electron chi connectivity index (χ1n) is 9.15. The van der Waals surface area contributed by atoms with Gasteiger partial charge in [0.05, 0.1) is 16.1 Å². The molecule has 2 aliphatic carbocycles. The SMILES string of the molecule is CC1=CC(=O)C2=C(C)C[C@H](S(=O)(=O)c3ccccc3)C3C(C)C(=O)O[C@@H]3C12. The molecule has 0 N–H and O–H groups in total. The van der Waals surface area contributed by atoms with E-state index in [0.717, 1.165) is 11.1 Å². The lowest BCUT2D eigenvalue weighted by atomic mass is 9.81. The zero-order chi connectivity index (χ0) is 19.5. The van der Waals surface area contributed by atoms with E-state index in [0.29, 0.717) is 5.57 Å². The third kappa shape index (κ3) is 2.61. The van der Waals surface area contributed by atoms with Gasteiger partial charge in [-0.15, -0.1) is 0 Å². The molecule has 4 rings (SSSR count). The van der Waals surface area contributed by atoms with Crippen molar-refractivity contribution in [2.24, 2.45) is 17.8 Å². The van der Waals surface area contributed by atoms with Crippen LogP contribution < -0.4 is 0 Å². The van der Waals surface area contributed by atoms with Crippen LogP contribution in [0.5, 0.6) is 0 Å². The Labute approximate surface area is 159 Å². The summed E-state index contributed by atoms with van der Waals surface area (Å²) in [5.41, 5.74) is 2.22. The van der Waals surface area contributed by atoms with E-state index < -0.39 is 33.0 Å². The number of hydrogen-bond acceptors (Lipinski definition) is 5. The molecule has 1 aromatic rings. The molecule has 142 valence electrons. The van der Waals surface area contributed by atoms with Crippen molar-refractivity contribution in [3.8, 4) is 0 Å². The lowest BCUT2D eigenvalue weighted by molar-refractivity contribution is -0.144. The highest BCUT2D eigenvalue weighted by atomic mass is 32.2. The number of allylic oxidation sites excluding steroid dienone is 2. The molecule has 3 unspecified atom stereocenters. The first-order chi connectivity index (χ1) is 12.7. The lowest BCUT2D eigenvalue weighted by Gasteiger charge is -2.29. The van der Waals surface area contributed by atoms with E-state index in [2.05, 4.69) is 0 Å². The number of carbonyl (C=O) groups excluding carboxylic acids is 2. The highest BCUT2D eigenvalue weighted by molar-refractivity contribution is 7.92. The highest BCUT2D eigenvalue weighted by Gasteiger charge is 2.57. The quantitative estimate of drug-likeness (QED) is 0.731. The largest absolute Gasteiger partial charge is 0.461 e. The molecule has 5 nitrogen and oxygen atoms in total. The predicted octanol–water partition coefficient (Wildman–Crippen LogP) is 2.87. The minimum Gasteiger partial charge on any atom is -0.461 e. The van der Waals surface area contributed by atoms with Crippen LogP contribution in [0.3, 0.4) is 0 Å². The molecule has 0 bridgehead atoms. The molecular weight excluding hydrogens is 364 g/mol. The Kier molecular flexibility index (Phi) is 4.14. The van der Waals surface area contributed by atoms with Crippen LogP contribution in [0.1, 0.15) is 27.2 Å². The summed E-state index contributed by atoms with van der Waals surface area (Å²) in [6.07, 6.45) is 1.20. The van der Waals surface area contributed by atoms with Crippen molar-refractivity contribution in [2.75, 3.05) is 0 Å². The molecule has 0 aromatic heterocycles. The summed E-state index contributed by atoms with van der Waals surface area (Å²) < 4.78 is 32.6. The van der Waals surface area contributed by atoms with Gasteiger partial charge in [-0.25, -0.2) is 8.42 Å². The second-order valence-corrected chi connectivity index (χ2v) is 9.96. The van der Waals surface area contributed by atoms with E-state index >= 15 is 0 Å². The summed E-state index contributed by atoms with van der Waals surface area (Å²) in [5.74, 6) is -1.85. The van der Waals surface area contributed by atoms with Crippen LogP contribution in [0.15, 0.2) is 58.0 Å². The molecule has 0 spiro atoms. The number of rotatable bonds is 2. The fourth-order valence-corrected chi connectivity index (χ4v) is 7.05.